The lowest BCUT2D eigenvalue weighted by atomic mass is 10.2. The van der Waals surface area contributed by atoms with E-state index in [2.05, 4.69) is 15.5 Å². The summed E-state index contributed by atoms with van der Waals surface area (Å²) in [7, 11) is 0. The summed E-state index contributed by atoms with van der Waals surface area (Å²) in [4.78, 5) is 25.2. The number of carbonyl (C=O) groups is 1. The number of nitro groups is 1. The molecule has 0 bridgehead atoms. The molecule has 3 aromatic carbocycles. The van der Waals surface area contributed by atoms with Crippen LogP contribution in [-0.2, 0) is 0 Å². The molecule has 32 heavy (non-hydrogen) atoms. The topological polar surface area (TPSA) is 103 Å². The maximum absolute atomic E-state index is 13.1. The second-order valence-electron chi connectivity index (χ2n) is 6.78. The molecule has 0 atom stereocenters. The molecule has 11 heteroatoms. The van der Waals surface area contributed by atoms with Gasteiger partial charge in [-0.15, -0.1) is 21.5 Å². The standard InChI is InChI=1S/C21H11ClFN5O3S/c22-18-14-2-1-3-17(28(30)31)19(14)32-20(18)21(29)24-12-6-9-15-16(10-12)26-27(25-15)13-7-4-11(23)5-8-13/h1-10H,(H,24,29). The molecule has 0 spiro atoms. The van der Waals surface area contributed by atoms with Crippen molar-refractivity contribution in [3.05, 3.63) is 86.5 Å². The van der Waals surface area contributed by atoms with Crippen molar-refractivity contribution in [3.63, 3.8) is 0 Å². The number of aromatic nitrogens is 3. The van der Waals surface area contributed by atoms with Crippen LogP contribution in [0.1, 0.15) is 9.67 Å². The number of carbonyl (C=O) groups excluding carboxylic acids is 1. The lowest BCUT2D eigenvalue weighted by Gasteiger charge is -2.03. The molecule has 1 N–H and O–H groups in total. The van der Waals surface area contributed by atoms with Gasteiger partial charge in [-0.1, -0.05) is 23.7 Å². The van der Waals surface area contributed by atoms with Crippen molar-refractivity contribution in [3.8, 4) is 5.69 Å². The fourth-order valence-corrected chi connectivity index (χ4v) is 4.72. The van der Waals surface area contributed by atoms with Gasteiger partial charge in [-0.3, -0.25) is 14.9 Å². The van der Waals surface area contributed by atoms with E-state index in [4.69, 9.17) is 11.6 Å². The summed E-state index contributed by atoms with van der Waals surface area (Å²) >= 11 is 7.31. The average Bonchev–Trinajstić information content (AvgIpc) is 3.35. The molecule has 0 aliphatic heterocycles. The highest BCUT2D eigenvalue weighted by Crippen LogP contribution is 2.40. The molecule has 0 radical (unpaired) electrons. The minimum absolute atomic E-state index is 0.104. The van der Waals surface area contributed by atoms with Crippen molar-refractivity contribution < 1.29 is 14.1 Å². The van der Waals surface area contributed by atoms with E-state index in [-0.39, 0.29) is 21.4 Å². The monoisotopic (exact) mass is 467 g/mol. The molecule has 5 aromatic rings. The van der Waals surface area contributed by atoms with Crippen molar-refractivity contribution in [2.24, 2.45) is 0 Å². The van der Waals surface area contributed by atoms with Gasteiger partial charge in [-0.2, -0.15) is 4.80 Å². The van der Waals surface area contributed by atoms with E-state index in [1.807, 2.05) is 0 Å². The minimum atomic E-state index is -0.505. The Morgan fingerprint density at radius 2 is 1.84 bits per heavy atom. The Labute approximate surface area is 188 Å². The second-order valence-corrected chi connectivity index (χ2v) is 8.18. The van der Waals surface area contributed by atoms with Gasteiger partial charge in [-0.05, 0) is 42.5 Å². The number of hydrogen-bond donors (Lipinski definition) is 1. The largest absolute Gasteiger partial charge is 0.321 e. The number of thiophene rings is 1. The molecule has 0 saturated carbocycles. The SMILES string of the molecule is O=C(Nc1ccc2nn(-c3ccc(F)cc3)nc2c1)c1sc2c([N+](=O)[O-])cccc2c1Cl. The summed E-state index contributed by atoms with van der Waals surface area (Å²) in [5, 5.41) is 23.4. The first kappa shape index (κ1) is 20.0. The van der Waals surface area contributed by atoms with Crippen molar-refractivity contribution in [1.29, 1.82) is 0 Å². The maximum atomic E-state index is 13.1. The molecular formula is C21H11ClFN5O3S. The van der Waals surface area contributed by atoms with E-state index in [9.17, 15) is 19.3 Å². The first-order chi connectivity index (χ1) is 15.4. The van der Waals surface area contributed by atoms with Gasteiger partial charge < -0.3 is 5.32 Å². The van der Waals surface area contributed by atoms with Crippen LogP contribution >= 0.6 is 22.9 Å². The zero-order valence-electron chi connectivity index (χ0n) is 16.0. The number of anilines is 1. The van der Waals surface area contributed by atoms with Crippen LogP contribution in [0, 0.1) is 15.9 Å². The third kappa shape index (κ3) is 3.45. The summed E-state index contributed by atoms with van der Waals surface area (Å²) in [6.45, 7) is 0. The van der Waals surface area contributed by atoms with Gasteiger partial charge in [0.2, 0.25) is 0 Å². The summed E-state index contributed by atoms with van der Waals surface area (Å²) in [6.07, 6.45) is 0. The molecule has 5 rings (SSSR count). The number of nitrogens with one attached hydrogen (secondary N) is 1. The highest BCUT2D eigenvalue weighted by Gasteiger charge is 2.23. The van der Waals surface area contributed by atoms with E-state index in [1.165, 1.54) is 29.1 Å². The van der Waals surface area contributed by atoms with Crippen LogP contribution in [0.3, 0.4) is 0 Å². The van der Waals surface area contributed by atoms with E-state index in [1.54, 1.807) is 36.4 Å². The van der Waals surface area contributed by atoms with E-state index in [0.29, 0.717) is 32.5 Å². The van der Waals surface area contributed by atoms with Gasteiger partial charge >= 0.3 is 0 Å². The van der Waals surface area contributed by atoms with Gasteiger partial charge in [0.15, 0.2) is 0 Å². The molecule has 0 saturated heterocycles. The highest BCUT2D eigenvalue weighted by atomic mass is 35.5. The van der Waals surface area contributed by atoms with Crippen LogP contribution in [-0.4, -0.2) is 25.8 Å². The van der Waals surface area contributed by atoms with E-state index in [0.717, 1.165) is 11.3 Å². The molecule has 0 unspecified atom stereocenters. The average molecular weight is 468 g/mol. The summed E-state index contributed by atoms with van der Waals surface area (Å²) in [5.41, 5.74) is 2.05. The maximum Gasteiger partial charge on any atom is 0.287 e. The van der Waals surface area contributed by atoms with Crippen molar-refractivity contribution >= 4 is 61.3 Å². The quantitative estimate of drug-likeness (QED) is 0.274. The zero-order valence-corrected chi connectivity index (χ0v) is 17.5. The molecule has 8 nitrogen and oxygen atoms in total. The molecule has 158 valence electrons. The predicted octanol–water partition coefficient (Wildman–Crippen LogP) is 5.59. The lowest BCUT2D eigenvalue weighted by Crippen LogP contribution is -2.10. The number of benzene rings is 3. The van der Waals surface area contributed by atoms with Crippen molar-refractivity contribution in [2.75, 3.05) is 5.32 Å². The molecule has 2 heterocycles. The molecule has 0 fully saturated rings. The Kier molecular flexibility index (Phi) is 4.80. The smallest absolute Gasteiger partial charge is 0.287 e. The number of amides is 1. The van der Waals surface area contributed by atoms with Crippen LogP contribution in [0.5, 0.6) is 0 Å². The van der Waals surface area contributed by atoms with Gasteiger partial charge in [0.05, 0.1) is 15.6 Å². The first-order valence-electron chi connectivity index (χ1n) is 9.20. The third-order valence-electron chi connectivity index (χ3n) is 4.73. The Bertz CT molecular complexity index is 1530. The van der Waals surface area contributed by atoms with Gasteiger partial charge in [0, 0.05) is 17.1 Å². The molecule has 1 amide bonds. The fourth-order valence-electron chi connectivity index (χ4n) is 3.23. The summed E-state index contributed by atoms with van der Waals surface area (Å²) in [6, 6.07) is 15.3. The van der Waals surface area contributed by atoms with Gasteiger partial charge in [0.1, 0.15) is 26.4 Å². The fraction of sp³-hybridized carbons (Fsp3) is 0. The Morgan fingerprint density at radius 1 is 1.09 bits per heavy atom. The molecule has 0 aliphatic rings. The predicted molar refractivity (Wildman–Crippen MR) is 120 cm³/mol. The number of nitrogens with zero attached hydrogens (tertiary/aromatic N) is 4. The Balaban J connectivity index is 1.46. The van der Waals surface area contributed by atoms with Crippen LogP contribution in [0.25, 0.3) is 26.8 Å². The number of halogens is 2. The van der Waals surface area contributed by atoms with Gasteiger partial charge in [0.25, 0.3) is 11.6 Å². The van der Waals surface area contributed by atoms with E-state index < -0.39 is 10.8 Å². The number of nitro benzene ring substituents is 1. The summed E-state index contributed by atoms with van der Waals surface area (Å²) in [5.74, 6) is -0.850. The van der Waals surface area contributed by atoms with Crippen molar-refractivity contribution in [2.45, 2.75) is 0 Å². The van der Waals surface area contributed by atoms with Gasteiger partial charge in [-0.25, -0.2) is 4.39 Å². The highest BCUT2D eigenvalue weighted by molar-refractivity contribution is 7.22. The number of non-ortho nitro benzene ring substituents is 1. The second kappa shape index (κ2) is 7.66. The zero-order chi connectivity index (χ0) is 22.4. The molecule has 0 aliphatic carbocycles. The third-order valence-corrected chi connectivity index (χ3v) is 6.46. The van der Waals surface area contributed by atoms with Crippen molar-refractivity contribution in [1.82, 2.24) is 15.0 Å². The number of hydrogen-bond acceptors (Lipinski definition) is 6. The normalized spacial score (nSPS) is 11.2. The first-order valence-corrected chi connectivity index (χ1v) is 10.4. The minimum Gasteiger partial charge on any atom is -0.321 e. The summed E-state index contributed by atoms with van der Waals surface area (Å²) < 4.78 is 13.5. The van der Waals surface area contributed by atoms with Crippen LogP contribution in [0.2, 0.25) is 5.02 Å². The van der Waals surface area contributed by atoms with Crippen LogP contribution in [0.15, 0.2) is 60.7 Å². The Hall–Kier alpha value is -3.89. The number of rotatable bonds is 4. The Morgan fingerprint density at radius 3 is 2.59 bits per heavy atom. The van der Waals surface area contributed by atoms with Crippen LogP contribution < -0.4 is 5.32 Å². The molecular weight excluding hydrogens is 457 g/mol. The molecule has 2 aromatic heterocycles. The van der Waals surface area contributed by atoms with Crippen LogP contribution in [0.4, 0.5) is 15.8 Å². The number of fused-ring (bicyclic) bond motifs is 2. The lowest BCUT2D eigenvalue weighted by molar-refractivity contribution is -0.382. The van der Waals surface area contributed by atoms with E-state index >= 15 is 0 Å².